The van der Waals surface area contributed by atoms with Crippen LogP contribution in [0.2, 0.25) is 10.0 Å². The number of ether oxygens (including phenoxy) is 1. The van der Waals surface area contributed by atoms with E-state index in [1.54, 1.807) is 6.07 Å². The fourth-order valence-corrected chi connectivity index (χ4v) is 2.50. The highest BCUT2D eigenvalue weighted by Crippen LogP contribution is 2.27. The van der Waals surface area contributed by atoms with Gasteiger partial charge in [0.1, 0.15) is 5.75 Å². The maximum Gasteiger partial charge on any atom is 0.270 e. The second-order valence-electron chi connectivity index (χ2n) is 5.13. The van der Waals surface area contributed by atoms with Crippen molar-refractivity contribution in [2.45, 2.75) is 0 Å². The number of nitrogens with one attached hydrogen (secondary N) is 3. The molecule has 0 atom stereocenters. The number of nitrogens with zero attached hydrogens (tertiary/aromatic N) is 1. The minimum Gasteiger partial charge on any atom is -0.482 e. The van der Waals surface area contributed by atoms with Crippen molar-refractivity contribution in [1.82, 2.24) is 16.2 Å². The normalized spacial score (nSPS) is 9.93. The van der Waals surface area contributed by atoms with E-state index in [1.165, 1.54) is 30.3 Å². The SMILES string of the molecule is O=C(COc1ccc(Cl)cc1Cl)NC(=S)NNC(=O)c1cccc([N+](=O)[O-])c1. The summed E-state index contributed by atoms with van der Waals surface area (Å²) in [6.07, 6.45) is 0. The van der Waals surface area contributed by atoms with Crippen molar-refractivity contribution >= 4 is 58.0 Å². The fraction of sp³-hybridized carbons (Fsp3) is 0.0625. The van der Waals surface area contributed by atoms with Crippen molar-refractivity contribution in [1.29, 1.82) is 0 Å². The molecular formula is C16H12Cl2N4O5S. The third kappa shape index (κ3) is 6.34. The average Bonchev–Trinajstić information content (AvgIpc) is 2.65. The number of hydrogen-bond donors (Lipinski definition) is 3. The lowest BCUT2D eigenvalue weighted by molar-refractivity contribution is -0.384. The van der Waals surface area contributed by atoms with Crippen molar-refractivity contribution in [2.75, 3.05) is 6.61 Å². The van der Waals surface area contributed by atoms with Crippen LogP contribution in [0.25, 0.3) is 0 Å². The van der Waals surface area contributed by atoms with Gasteiger partial charge in [0, 0.05) is 22.7 Å². The smallest absolute Gasteiger partial charge is 0.270 e. The number of benzene rings is 2. The molecule has 28 heavy (non-hydrogen) atoms. The van der Waals surface area contributed by atoms with Crippen molar-refractivity contribution in [3.8, 4) is 5.75 Å². The van der Waals surface area contributed by atoms with Crippen LogP contribution in [0.5, 0.6) is 5.75 Å². The van der Waals surface area contributed by atoms with Crippen LogP contribution in [-0.2, 0) is 4.79 Å². The fourth-order valence-electron chi connectivity index (χ4n) is 1.88. The van der Waals surface area contributed by atoms with Crippen LogP contribution in [0.15, 0.2) is 42.5 Å². The van der Waals surface area contributed by atoms with Crippen molar-refractivity contribution in [2.24, 2.45) is 0 Å². The van der Waals surface area contributed by atoms with Crippen molar-refractivity contribution in [3.05, 3.63) is 68.2 Å². The van der Waals surface area contributed by atoms with E-state index in [9.17, 15) is 19.7 Å². The molecule has 0 heterocycles. The van der Waals surface area contributed by atoms with E-state index in [2.05, 4.69) is 16.2 Å². The van der Waals surface area contributed by atoms with Gasteiger partial charge in [-0.05, 0) is 36.5 Å². The standard InChI is InChI=1S/C16H12Cl2N4O5S/c17-10-4-5-13(12(18)7-10)27-8-14(23)19-16(28)21-20-15(24)9-2-1-3-11(6-9)22(25)26/h1-7H,8H2,(H,20,24)(H2,19,21,23,28). The molecule has 0 aliphatic carbocycles. The number of nitro groups is 1. The number of hydrazine groups is 1. The summed E-state index contributed by atoms with van der Waals surface area (Å²) in [6.45, 7) is -0.387. The van der Waals surface area contributed by atoms with Gasteiger partial charge in [-0.3, -0.25) is 35.9 Å². The number of rotatable bonds is 5. The Kier molecular flexibility index (Phi) is 7.50. The monoisotopic (exact) mass is 442 g/mol. The van der Waals surface area contributed by atoms with E-state index in [1.807, 2.05) is 0 Å². The van der Waals surface area contributed by atoms with Gasteiger partial charge in [-0.2, -0.15) is 0 Å². The van der Waals surface area contributed by atoms with Crippen LogP contribution in [0.4, 0.5) is 5.69 Å². The number of carbonyl (C=O) groups is 2. The third-order valence-electron chi connectivity index (χ3n) is 3.11. The lowest BCUT2D eigenvalue weighted by Crippen LogP contribution is -2.49. The summed E-state index contributed by atoms with van der Waals surface area (Å²) in [5.41, 5.74) is 4.33. The minimum atomic E-state index is -0.676. The molecule has 2 amide bonds. The molecule has 0 aromatic heterocycles. The van der Waals surface area contributed by atoms with E-state index in [4.69, 9.17) is 40.2 Å². The molecule has 0 spiro atoms. The first kappa shape index (κ1) is 21.4. The van der Waals surface area contributed by atoms with Crippen molar-refractivity contribution in [3.63, 3.8) is 0 Å². The van der Waals surface area contributed by atoms with Crippen LogP contribution in [0, 0.1) is 10.1 Å². The molecule has 0 radical (unpaired) electrons. The Balaban J connectivity index is 1.80. The lowest BCUT2D eigenvalue weighted by Gasteiger charge is -2.12. The van der Waals surface area contributed by atoms with Crippen molar-refractivity contribution < 1.29 is 19.2 Å². The Morgan fingerprint density at radius 3 is 2.57 bits per heavy atom. The number of nitro benzene ring substituents is 1. The molecule has 146 valence electrons. The molecule has 0 saturated carbocycles. The molecule has 2 aromatic rings. The summed E-state index contributed by atoms with van der Waals surface area (Å²) in [5.74, 6) is -1.02. The highest BCUT2D eigenvalue weighted by Gasteiger charge is 2.12. The van der Waals surface area contributed by atoms with Crippen LogP contribution in [0.1, 0.15) is 10.4 Å². The van der Waals surface area contributed by atoms with Gasteiger partial charge in [-0.25, -0.2) is 0 Å². The molecule has 0 aliphatic rings. The van der Waals surface area contributed by atoms with E-state index < -0.39 is 16.7 Å². The predicted molar refractivity (Wildman–Crippen MR) is 106 cm³/mol. The van der Waals surface area contributed by atoms with Gasteiger partial charge in [0.05, 0.1) is 9.95 Å². The molecular weight excluding hydrogens is 431 g/mol. The zero-order chi connectivity index (χ0) is 20.7. The Morgan fingerprint density at radius 2 is 1.89 bits per heavy atom. The van der Waals surface area contributed by atoms with Gasteiger partial charge >= 0.3 is 0 Å². The Morgan fingerprint density at radius 1 is 1.14 bits per heavy atom. The molecule has 3 N–H and O–H groups in total. The molecule has 0 saturated heterocycles. The molecule has 0 bridgehead atoms. The molecule has 0 unspecified atom stereocenters. The maximum atomic E-state index is 12.0. The van der Waals surface area contributed by atoms with E-state index >= 15 is 0 Å². The third-order valence-corrected chi connectivity index (χ3v) is 3.85. The summed E-state index contributed by atoms with van der Waals surface area (Å²) >= 11 is 16.6. The number of amides is 2. The Labute approximate surface area is 174 Å². The summed E-state index contributed by atoms with van der Waals surface area (Å²) < 4.78 is 5.24. The molecule has 9 nitrogen and oxygen atoms in total. The van der Waals surface area contributed by atoms with Crippen LogP contribution >= 0.6 is 35.4 Å². The quantitative estimate of drug-likeness (QED) is 0.369. The summed E-state index contributed by atoms with van der Waals surface area (Å²) in [5, 5.41) is 13.5. The Bertz CT molecular complexity index is 941. The summed E-state index contributed by atoms with van der Waals surface area (Å²) in [7, 11) is 0. The number of halogens is 2. The first-order chi connectivity index (χ1) is 13.3. The predicted octanol–water partition coefficient (Wildman–Crippen LogP) is 2.62. The summed E-state index contributed by atoms with van der Waals surface area (Å²) in [4.78, 5) is 33.9. The second kappa shape index (κ2) is 9.83. The number of non-ortho nitro benzene ring substituents is 1. The number of carbonyl (C=O) groups excluding carboxylic acids is 2. The summed E-state index contributed by atoms with van der Waals surface area (Å²) in [6, 6.07) is 9.63. The molecule has 2 aromatic carbocycles. The average molecular weight is 443 g/mol. The van der Waals surface area contributed by atoms with Gasteiger partial charge in [0.2, 0.25) is 0 Å². The van der Waals surface area contributed by atoms with E-state index in [0.29, 0.717) is 5.02 Å². The highest BCUT2D eigenvalue weighted by molar-refractivity contribution is 7.80. The largest absolute Gasteiger partial charge is 0.482 e. The van der Waals surface area contributed by atoms with Gasteiger partial charge in [0.25, 0.3) is 17.5 Å². The highest BCUT2D eigenvalue weighted by atomic mass is 35.5. The van der Waals surface area contributed by atoms with Gasteiger partial charge in [0.15, 0.2) is 11.7 Å². The second-order valence-corrected chi connectivity index (χ2v) is 6.38. The molecule has 0 aliphatic heterocycles. The molecule has 2 rings (SSSR count). The first-order valence-corrected chi connectivity index (χ1v) is 8.65. The Hall–Kier alpha value is -2.95. The maximum absolute atomic E-state index is 12.0. The van der Waals surface area contributed by atoms with Crippen LogP contribution in [-0.4, -0.2) is 28.5 Å². The minimum absolute atomic E-state index is 0.0385. The van der Waals surface area contributed by atoms with Gasteiger partial charge in [-0.1, -0.05) is 29.3 Å². The topological polar surface area (TPSA) is 123 Å². The first-order valence-electron chi connectivity index (χ1n) is 7.48. The number of hydrogen-bond acceptors (Lipinski definition) is 6. The van der Waals surface area contributed by atoms with Gasteiger partial charge in [-0.15, -0.1) is 0 Å². The van der Waals surface area contributed by atoms with Crippen LogP contribution in [0.3, 0.4) is 0 Å². The van der Waals surface area contributed by atoms with Gasteiger partial charge < -0.3 is 4.74 Å². The molecule has 12 heteroatoms. The zero-order valence-electron chi connectivity index (χ0n) is 13.9. The molecule has 0 fully saturated rings. The zero-order valence-corrected chi connectivity index (χ0v) is 16.2. The van der Waals surface area contributed by atoms with Crippen LogP contribution < -0.4 is 20.9 Å². The lowest BCUT2D eigenvalue weighted by atomic mass is 10.2. The van der Waals surface area contributed by atoms with E-state index in [0.717, 1.165) is 6.07 Å². The van der Waals surface area contributed by atoms with E-state index in [-0.39, 0.29) is 33.7 Å². The number of thiocarbonyl (C=S) groups is 1.